The number of methoxy groups -OCH3 is 2. The van der Waals surface area contributed by atoms with Gasteiger partial charge in [-0.1, -0.05) is 6.07 Å². The Kier molecular flexibility index (Phi) is 5.45. The second-order valence-electron chi connectivity index (χ2n) is 7.66. The molecule has 1 aliphatic heterocycles. The fourth-order valence-corrected chi connectivity index (χ4v) is 3.62. The number of fused-ring (bicyclic) bond motifs is 1. The molecule has 1 heterocycles. The first-order chi connectivity index (χ1) is 15.2. The highest BCUT2D eigenvalue weighted by molar-refractivity contribution is 5.94. The van der Waals surface area contributed by atoms with Crippen LogP contribution in [0.4, 0.5) is 0 Å². The number of rotatable bonds is 8. The second-order valence-corrected chi connectivity index (χ2v) is 7.66. The number of carbonyl (C=O) groups excluding carboxylic acids is 2. The Balaban J connectivity index is 1.77. The molecule has 0 radical (unpaired) electrons. The fraction of sp³-hybridized carbons (Fsp3) is 0.364. The lowest BCUT2D eigenvalue weighted by Crippen LogP contribution is -2.34. The van der Waals surface area contributed by atoms with E-state index in [0.717, 1.165) is 0 Å². The summed E-state index contributed by atoms with van der Waals surface area (Å²) in [6.45, 7) is 0.131. The van der Waals surface area contributed by atoms with Crippen LogP contribution in [0.1, 0.15) is 28.8 Å². The predicted molar refractivity (Wildman–Crippen MR) is 107 cm³/mol. The molecule has 0 amide bonds. The fourth-order valence-electron chi connectivity index (χ4n) is 3.62. The van der Waals surface area contributed by atoms with Crippen molar-refractivity contribution in [2.45, 2.75) is 25.6 Å². The summed E-state index contributed by atoms with van der Waals surface area (Å²) in [4.78, 5) is 23.9. The summed E-state index contributed by atoms with van der Waals surface area (Å²) in [6, 6.07) is 8.04. The Labute approximate surface area is 182 Å². The molecule has 0 bridgehead atoms. The lowest BCUT2D eigenvalue weighted by Gasteiger charge is -2.22. The molecule has 10 nitrogen and oxygen atoms in total. The molecule has 1 saturated carbocycles. The number of carbonyl (C=O) groups is 2. The lowest BCUT2D eigenvalue weighted by atomic mass is 9.99. The van der Waals surface area contributed by atoms with E-state index in [1.165, 1.54) is 20.3 Å². The Morgan fingerprint density at radius 1 is 1.09 bits per heavy atom. The Hall–Kier alpha value is -3.34. The summed E-state index contributed by atoms with van der Waals surface area (Å²) in [5.74, 6) is -0.879. The summed E-state index contributed by atoms with van der Waals surface area (Å²) >= 11 is 0. The van der Waals surface area contributed by atoms with E-state index in [4.69, 9.17) is 23.7 Å². The number of benzene rings is 2. The molecular formula is C22H22O10. The van der Waals surface area contributed by atoms with E-state index in [9.17, 15) is 24.9 Å². The maximum atomic E-state index is 12.1. The van der Waals surface area contributed by atoms with Crippen molar-refractivity contribution >= 4 is 11.9 Å². The van der Waals surface area contributed by atoms with Crippen LogP contribution in [0.15, 0.2) is 30.3 Å². The first kappa shape index (κ1) is 21.9. The number of cyclic esters (lactones) is 1. The largest absolute Gasteiger partial charge is 0.490 e. The van der Waals surface area contributed by atoms with E-state index < -0.39 is 23.5 Å². The van der Waals surface area contributed by atoms with Crippen LogP contribution < -0.4 is 14.2 Å². The van der Waals surface area contributed by atoms with Gasteiger partial charge in [-0.15, -0.1) is 0 Å². The molecule has 1 aliphatic carbocycles. The molecule has 4 rings (SSSR count). The summed E-state index contributed by atoms with van der Waals surface area (Å²) < 4.78 is 26.1. The van der Waals surface area contributed by atoms with Crippen molar-refractivity contribution in [3.05, 3.63) is 41.5 Å². The topological polar surface area (TPSA) is 141 Å². The highest BCUT2D eigenvalue weighted by Gasteiger charge is 2.52. The Bertz CT molecular complexity index is 1070. The highest BCUT2D eigenvalue weighted by atomic mass is 16.9. The van der Waals surface area contributed by atoms with Gasteiger partial charge in [-0.2, -0.15) is 0 Å². The molecule has 0 aromatic heterocycles. The van der Waals surface area contributed by atoms with Gasteiger partial charge in [-0.25, -0.2) is 4.79 Å². The molecule has 0 saturated heterocycles. The van der Waals surface area contributed by atoms with Gasteiger partial charge < -0.3 is 39.0 Å². The lowest BCUT2D eigenvalue weighted by molar-refractivity contribution is -0.419. The highest BCUT2D eigenvalue weighted by Crippen LogP contribution is 2.50. The van der Waals surface area contributed by atoms with Crippen LogP contribution >= 0.6 is 0 Å². The van der Waals surface area contributed by atoms with Gasteiger partial charge in [0.25, 0.3) is 0 Å². The summed E-state index contributed by atoms with van der Waals surface area (Å²) in [7, 11) is 2.62. The van der Waals surface area contributed by atoms with Crippen LogP contribution in [-0.4, -0.2) is 54.2 Å². The monoisotopic (exact) mass is 446 g/mol. The summed E-state index contributed by atoms with van der Waals surface area (Å²) in [5.41, 5.74) is 1.58. The molecule has 0 spiro atoms. The summed E-state index contributed by atoms with van der Waals surface area (Å²) in [5, 5.41) is 27.8. The number of hydrogen-bond donors (Lipinski definition) is 3. The maximum absolute atomic E-state index is 12.1. The molecule has 0 unspecified atom stereocenters. The zero-order valence-corrected chi connectivity index (χ0v) is 17.4. The van der Waals surface area contributed by atoms with Gasteiger partial charge in [-0.05, 0) is 42.7 Å². The van der Waals surface area contributed by atoms with Gasteiger partial charge in [0.05, 0.1) is 19.8 Å². The molecule has 32 heavy (non-hydrogen) atoms. The van der Waals surface area contributed by atoms with Crippen molar-refractivity contribution in [1.82, 2.24) is 0 Å². The van der Waals surface area contributed by atoms with Crippen LogP contribution in [0, 0.1) is 5.41 Å². The first-order valence-electron chi connectivity index (χ1n) is 9.76. The van der Waals surface area contributed by atoms with E-state index in [2.05, 4.69) is 0 Å². The Morgan fingerprint density at radius 3 is 2.44 bits per heavy atom. The van der Waals surface area contributed by atoms with Crippen LogP contribution in [0.25, 0.3) is 11.1 Å². The maximum Gasteiger partial charge on any atom is 0.453 e. The van der Waals surface area contributed by atoms with Crippen LogP contribution in [0.3, 0.4) is 0 Å². The average molecular weight is 446 g/mol. The molecule has 1 fully saturated rings. The number of hydrogen-bond acceptors (Lipinski definition) is 10. The third kappa shape index (κ3) is 4.07. The van der Waals surface area contributed by atoms with E-state index in [1.54, 1.807) is 24.3 Å². The zero-order valence-electron chi connectivity index (χ0n) is 17.4. The number of ether oxygens (including phenoxy) is 5. The minimum Gasteiger partial charge on any atom is -0.490 e. The zero-order chi connectivity index (χ0) is 23.1. The molecule has 2 aromatic rings. The third-order valence-corrected chi connectivity index (χ3v) is 5.49. The van der Waals surface area contributed by atoms with Crippen molar-refractivity contribution in [2.24, 2.45) is 5.41 Å². The van der Waals surface area contributed by atoms with Crippen molar-refractivity contribution in [2.75, 3.05) is 20.8 Å². The van der Waals surface area contributed by atoms with E-state index >= 15 is 0 Å². The van der Waals surface area contributed by atoms with E-state index in [0.29, 0.717) is 35.1 Å². The van der Waals surface area contributed by atoms with Crippen molar-refractivity contribution in [3.63, 3.8) is 0 Å². The van der Waals surface area contributed by atoms with E-state index in [-0.39, 0.29) is 30.5 Å². The quantitative estimate of drug-likeness (QED) is 0.402. The van der Waals surface area contributed by atoms with Gasteiger partial charge in [0.15, 0.2) is 11.5 Å². The Morgan fingerprint density at radius 2 is 1.81 bits per heavy atom. The first-order valence-corrected chi connectivity index (χ1v) is 9.76. The van der Waals surface area contributed by atoms with Gasteiger partial charge >= 0.3 is 18.1 Å². The molecule has 3 N–H and O–H groups in total. The molecule has 2 aliphatic rings. The van der Waals surface area contributed by atoms with E-state index in [1.807, 2.05) is 0 Å². The molecular weight excluding hydrogens is 424 g/mol. The normalized spacial score (nSPS) is 16.1. The molecule has 0 atom stereocenters. The molecule has 170 valence electrons. The van der Waals surface area contributed by atoms with Crippen LogP contribution in [0.5, 0.6) is 17.2 Å². The van der Waals surface area contributed by atoms with Crippen molar-refractivity contribution in [3.8, 4) is 28.4 Å². The van der Waals surface area contributed by atoms with Gasteiger partial charge in [0.2, 0.25) is 5.75 Å². The minimum absolute atomic E-state index is 0.0124. The SMILES string of the molecule is COC(=O)C1(COc2c(-c3ccc4c(c3)COC4=O)ccc(OC(O)(O)O)c2OC)CC1. The number of aliphatic hydroxyl groups is 3. The van der Waals surface area contributed by atoms with Crippen LogP contribution in [-0.2, 0) is 20.9 Å². The number of esters is 2. The van der Waals surface area contributed by atoms with Gasteiger partial charge in [-0.3, -0.25) is 4.79 Å². The predicted octanol–water partition coefficient (Wildman–Crippen LogP) is 1.33. The van der Waals surface area contributed by atoms with Gasteiger partial charge in [0, 0.05) is 11.1 Å². The average Bonchev–Trinajstić information content (AvgIpc) is 3.46. The smallest absolute Gasteiger partial charge is 0.453 e. The van der Waals surface area contributed by atoms with Crippen LogP contribution in [0.2, 0.25) is 0 Å². The standard InChI is InChI=1S/C22H22O10/c1-28-18-16(32-22(25,26)27)6-5-14(12-3-4-15-13(9-12)10-30-19(15)23)17(18)31-11-21(7-8-21)20(24)29-2/h3-6,9,25-27H,7-8,10-11H2,1-2H3. The molecule has 10 heteroatoms. The third-order valence-electron chi connectivity index (χ3n) is 5.49. The van der Waals surface area contributed by atoms with Crippen molar-refractivity contribution in [1.29, 1.82) is 0 Å². The summed E-state index contributed by atoms with van der Waals surface area (Å²) in [6.07, 6.45) is -2.25. The molecule has 2 aromatic carbocycles. The second kappa shape index (κ2) is 7.97. The van der Waals surface area contributed by atoms with Gasteiger partial charge in [0.1, 0.15) is 18.6 Å². The van der Waals surface area contributed by atoms with Crippen molar-refractivity contribution < 1.29 is 48.6 Å². The minimum atomic E-state index is -3.44.